The van der Waals surface area contributed by atoms with Gasteiger partial charge in [0.1, 0.15) is 11.6 Å². The monoisotopic (exact) mass is 226 g/mol. The van der Waals surface area contributed by atoms with Crippen LogP contribution in [0.2, 0.25) is 0 Å². The summed E-state index contributed by atoms with van der Waals surface area (Å²) in [6.07, 6.45) is -0.143. The lowest BCUT2D eigenvalue weighted by Gasteiger charge is -2.37. The van der Waals surface area contributed by atoms with Crippen LogP contribution in [0.4, 0.5) is 0 Å². The predicted molar refractivity (Wildman–Crippen MR) is 63.1 cm³/mol. The topological polar surface area (TPSA) is 51.2 Å². The average Bonchev–Trinajstić information content (AvgIpc) is 1.99. The standard InChI is InChI=1S/C13H22O3/c1-8(2)13(9(3)4,11(6)15)12(16)7-10(5)14/h8-9H,7H2,1-6H3. The van der Waals surface area contributed by atoms with Gasteiger partial charge in [0, 0.05) is 0 Å². The zero-order valence-corrected chi connectivity index (χ0v) is 11.1. The first-order valence-electron chi connectivity index (χ1n) is 5.71. The van der Waals surface area contributed by atoms with Gasteiger partial charge < -0.3 is 0 Å². The van der Waals surface area contributed by atoms with Gasteiger partial charge in [-0.3, -0.25) is 14.4 Å². The predicted octanol–water partition coefficient (Wildman–Crippen LogP) is 2.42. The zero-order chi connectivity index (χ0) is 13.1. The molecule has 0 aromatic carbocycles. The Morgan fingerprint density at radius 2 is 1.31 bits per heavy atom. The first-order valence-corrected chi connectivity index (χ1v) is 5.71. The van der Waals surface area contributed by atoms with E-state index < -0.39 is 5.41 Å². The van der Waals surface area contributed by atoms with Crippen molar-refractivity contribution >= 4 is 17.3 Å². The molecule has 0 rings (SSSR count). The summed E-state index contributed by atoms with van der Waals surface area (Å²) < 4.78 is 0. The molecule has 0 aliphatic carbocycles. The maximum atomic E-state index is 12.2. The number of ketones is 3. The molecule has 0 aromatic rings. The van der Waals surface area contributed by atoms with Crippen LogP contribution in [0.15, 0.2) is 0 Å². The molecule has 0 spiro atoms. The van der Waals surface area contributed by atoms with Crippen molar-refractivity contribution in [2.75, 3.05) is 0 Å². The smallest absolute Gasteiger partial charge is 0.154 e. The van der Waals surface area contributed by atoms with Crippen LogP contribution in [-0.4, -0.2) is 17.3 Å². The molecule has 16 heavy (non-hydrogen) atoms. The molecule has 0 atom stereocenters. The van der Waals surface area contributed by atoms with E-state index >= 15 is 0 Å². The fraction of sp³-hybridized carbons (Fsp3) is 0.769. The highest BCUT2D eigenvalue weighted by Crippen LogP contribution is 2.38. The van der Waals surface area contributed by atoms with Crippen LogP contribution in [0.3, 0.4) is 0 Å². The van der Waals surface area contributed by atoms with E-state index in [0.717, 1.165) is 0 Å². The van der Waals surface area contributed by atoms with Crippen molar-refractivity contribution in [3.8, 4) is 0 Å². The number of rotatable bonds is 6. The minimum absolute atomic E-state index is 0.0863. The fourth-order valence-corrected chi connectivity index (χ4v) is 2.69. The Bertz CT molecular complexity index is 292. The molecule has 0 aliphatic rings. The third-order valence-electron chi connectivity index (χ3n) is 3.27. The molecule has 0 saturated heterocycles. The van der Waals surface area contributed by atoms with E-state index in [2.05, 4.69) is 0 Å². The molecule has 0 unspecified atom stereocenters. The van der Waals surface area contributed by atoms with Crippen LogP contribution >= 0.6 is 0 Å². The third-order valence-corrected chi connectivity index (χ3v) is 3.27. The molecular weight excluding hydrogens is 204 g/mol. The van der Waals surface area contributed by atoms with Gasteiger partial charge >= 0.3 is 0 Å². The van der Waals surface area contributed by atoms with Crippen LogP contribution in [0.5, 0.6) is 0 Å². The Kier molecular flexibility index (Phi) is 5.04. The molecule has 0 amide bonds. The molecule has 0 bridgehead atoms. The molecule has 0 aromatic heterocycles. The molecule has 92 valence electrons. The largest absolute Gasteiger partial charge is 0.300 e. The summed E-state index contributed by atoms with van der Waals surface area (Å²) in [5, 5.41) is 0. The highest BCUT2D eigenvalue weighted by molar-refractivity contribution is 6.12. The summed E-state index contributed by atoms with van der Waals surface area (Å²) in [5.41, 5.74) is -1.01. The number of hydrogen-bond donors (Lipinski definition) is 0. The molecule has 0 heterocycles. The summed E-state index contributed by atoms with van der Waals surface area (Å²) >= 11 is 0. The van der Waals surface area contributed by atoms with E-state index in [1.165, 1.54) is 13.8 Å². The minimum Gasteiger partial charge on any atom is -0.300 e. The van der Waals surface area contributed by atoms with Crippen molar-refractivity contribution < 1.29 is 14.4 Å². The molecule has 0 fully saturated rings. The lowest BCUT2D eigenvalue weighted by atomic mass is 9.63. The van der Waals surface area contributed by atoms with Crippen LogP contribution in [0, 0.1) is 17.3 Å². The molecular formula is C13H22O3. The maximum absolute atomic E-state index is 12.2. The van der Waals surface area contributed by atoms with Gasteiger partial charge in [-0.2, -0.15) is 0 Å². The Morgan fingerprint density at radius 1 is 0.938 bits per heavy atom. The number of carbonyl (C=O) groups excluding carboxylic acids is 3. The van der Waals surface area contributed by atoms with E-state index in [4.69, 9.17) is 0 Å². The number of carbonyl (C=O) groups is 3. The van der Waals surface area contributed by atoms with Crippen molar-refractivity contribution in [2.24, 2.45) is 17.3 Å². The van der Waals surface area contributed by atoms with Crippen LogP contribution in [0.1, 0.15) is 48.0 Å². The van der Waals surface area contributed by atoms with Crippen molar-refractivity contribution in [2.45, 2.75) is 48.0 Å². The quantitative estimate of drug-likeness (QED) is 0.653. The minimum atomic E-state index is -1.01. The first kappa shape index (κ1) is 15.0. The van der Waals surface area contributed by atoms with E-state index in [9.17, 15) is 14.4 Å². The van der Waals surface area contributed by atoms with Gasteiger partial charge in [0.15, 0.2) is 5.78 Å². The summed E-state index contributed by atoms with van der Waals surface area (Å²) in [4.78, 5) is 35.0. The Balaban J connectivity index is 5.44. The number of Topliss-reactive ketones (excluding diaryl/α,β-unsaturated/α-hetero) is 3. The Labute approximate surface area is 97.6 Å². The highest BCUT2D eigenvalue weighted by atomic mass is 16.2. The van der Waals surface area contributed by atoms with Crippen LogP contribution in [-0.2, 0) is 14.4 Å². The first-order chi connectivity index (χ1) is 7.17. The van der Waals surface area contributed by atoms with Gasteiger partial charge in [-0.25, -0.2) is 0 Å². The van der Waals surface area contributed by atoms with E-state index in [1.54, 1.807) is 0 Å². The van der Waals surface area contributed by atoms with Gasteiger partial charge in [-0.05, 0) is 25.7 Å². The highest BCUT2D eigenvalue weighted by Gasteiger charge is 2.48. The van der Waals surface area contributed by atoms with Crippen molar-refractivity contribution in [1.82, 2.24) is 0 Å². The molecule has 0 radical (unpaired) electrons. The molecule has 0 N–H and O–H groups in total. The molecule has 0 saturated carbocycles. The van der Waals surface area contributed by atoms with Crippen LogP contribution in [0.25, 0.3) is 0 Å². The van der Waals surface area contributed by atoms with Gasteiger partial charge in [-0.15, -0.1) is 0 Å². The second kappa shape index (κ2) is 5.37. The lowest BCUT2D eigenvalue weighted by Crippen LogP contribution is -2.47. The second-order valence-electron chi connectivity index (χ2n) is 5.04. The second-order valence-corrected chi connectivity index (χ2v) is 5.04. The molecule has 3 heteroatoms. The van der Waals surface area contributed by atoms with Crippen LogP contribution < -0.4 is 0 Å². The molecule has 0 aliphatic heterocycles. The lowest BCUT2D eigenvalue weighted by molar-refractivity contribution is -0.147. The molecule has 3 nitrogen and oxygen atoms in total. The normalized spacial score (nSPS) is 12.0. The average molecular weight is 226 g/mol. The van der Waals surface area contributed by atoms with Gasteiger partial charge in [-0.1, -0.05) is 27.7 Å². The van der Waals surface area contributed by atoms with E-state index in [-0.39, 0.29) is 35.6 Å². The van der Waals surface area contributed by atoms with Gasteiger partial charge in [0.25, 0.3) is 0 Å². The Hall–Kier alpha value is -0.990. The Morgan fingerprint density at radius 3 is 1.50 bits per heavy atom. The van der Waals surface area contributed by atoms with Crippen molar-refractivity contribution in [3.05, 3.63) is 0 Å². The number of hydrogen-bond acceptors (Lipinski definition) is 3. The maximum Gasteiger partial charge on any atom is 0.154 e. The summed E-state index contributed by atoms with van der Waals surface area (Å²) in [6, 6.07) is 0. The SMILES string of the molecule is CC(=O)CC(=O)C(C(C)=O)(C(C)C)C(C)C. The van der Waals surface area contributed by atoms with Gasteiger partial charge in [0.2, 0.25) is 0 Å². The van der Waals surface area contributed by atoms with E-state index in [0.29, 0.717) is 0 Å². The summed E-state index contributed by atoms with van der Waals surface area (Å²) in [5.74, 6) is -0.730. The third kappa shape index (κ3) is 2.57. The van der Waals surface area contributed by atoms with Crippen molar-refractivity contribution in [3.63, 3.8) is 0 Å². The fourth-order valence-electron chi connectivity index (χ4n) is 2.69. The van der Waals surface area contributed by atoms with E-state index in [1.807, 2.05) is 27.7 Å². The van der Waals surface area contributed by atoms with Gasteiger partial charge in [0.05, 0.1) is 11.8 Å². The van der Waals surface area contributed by atoms with Crippen molar-refractivity contribution in [1.29, 1.82) is 0 Å². The summed E-state index contributed by atoms with van der Waals surface area (Å²) in [7, 11) is 0. The zero-order valence-electron chi connectivity index (χ0n) is 11.1. The summed E-state index contributed by atoms with van der Waals surface area (Å²) in [6.45, 7) is 10.3.